The van der Waals surface area contributed by atoms with Crippen LogP contribution in [0, 0.1) is 11.8 Å². The molecule has 3 aromatic carbocycles. The Morgan fingerprint density at radius 1 is 0.788 bits per heavy atom. The van der Waals surface area contributed by atoms with Crippen molar-refractivity contribution in [3.63, 3.8) is 0 Å². The van der Waals surface area contributed by atoms with Crippen LogP contribution in [0.3, 0.4) is 0 Å². The summed E-state index contributed by atoms with van der Waals surface area (Å²) in [6, 6.07) is 32.6. The maximum absolute atomic E-state index is 3.62. The van der Waals surface area contributed by atoms with E-state index in [1.807, 2.05) is 11.8 Å². The van der Waals surface area contributed by atoms with E-state index in [1.165, 1.54) is 16.8 Å². The topological polar surface area (TPSA) is 3.24 Å². The molecule has 2 nitrogen and oxygen atoms in total. The van der Waals surface area contributed by atoms with Crippen molar-refractivity contribution in [2.75, 3.05) is 50.4 Å². The van der Waals surface area contributed by atoms with Gasteiger partial charge in [-0.05, 0) is 34.9 Å². The summed E-state index contributed by atoms with van der Waals surface area (Å²) in [5.74, 6) is 8.27. The van der Waals surface area contributed by atoms with Gasteiger partial charge in [-0.1, -0.05) is 91.7 Å². The molecule has 1 fully saturated rings. The first-order chi connectivity index (χ1) is 16.2. The van der Waals surface area contributed by atoms with Gasteiger partial charge in [0.2, 0.25) is 0 Å². The second kappa shape index (κ2) is 11.0. The van der Waals surface area contributed by atoms with Crippen LogP contribution in [0.25, 0.3) is 0 Å². The van der Waals surface area contributed by atoms with Gasteiger partial charge in [0, 0.05) is 12.1 Å². The minimum Gasteiger partial charge on any atom is -0.360 e. The zero-order valence-electron chi connectivity index (χ0n) is 19.9. The number of anilines is 1. The van der Waals surface area contributed by atoms with Gasteiger partial charge in [0.05, 0.1) is 38.0 Å². The molecule has 33 heavy (non-hydrogen) atoms. The molecule has 3 aromatic rings. The molecule has 0 unspecified atom stereocenters. The molecule has 1 saturated heterocycles. The van der Waals surface area contributed by atoms with Gasteiger partial charge >= 0.3 is 0 Å². The lowest BCUT2D eigenvalue weighted by Crippen LogP contribution is -2.57. The highest BCUT2D eigenvalue weighted by Gasteiger charge is 2.34. The van der Waals surface area contributed by atoms with E-state index in [0.717, 1.165) is 49.4 Å². The quantitative estimate of drug-likeness (QED) is 0.315. The van der Waals surface area contributed by atoms with E-state index in [1.54, 1.807) is 0 Å². The minimum absolute atomic E-state index is 0.130. The van der Waals surface area contributed by atoms with Gasteiger partial charge in [0.25, 0.3) is 0 Å². The molecule has 0 radical (unpaired) electrons. The minimum atomic E-state index is -0.130. The fourth-order valence-electron chi connectivity index (χ4n) is 4.69. The fraction of sp³-hybridized carbons (Fsp3) is 0.333. The van der Waals surface area contributed by atoms with Gasteiger partial charge in [-0.25, -0.2) is 0 Å². The number of likely N-dealkylation sites (N-methyl/N-ethyl adjacent to an activating group) is 1. The zero-order valence-corrected chi connectivity index (χ0v) is 20.7. The predicted octanol–water partition coefficient (Wildman–Crippen LogP) is 6.04. The van der Waals surface area contributed by atoms with Gasteiger partial charge in [0.15, 0.2) is 0 Å². The molecule has 4 rings (SSSR count). The average Bonchev–Trinajstić information content (AvgIpc) is 2.88. The van der Waals surface area contributed by atoms with Crippen molar-refractivity contribution >= 4 is 17.4 Å². The highest BCUT2D eigenvalue weighted by Crippen LogP contribution is 2.45. The number of piperazine rings is 1. The molecule has 0 aromatic heterocycles. The molecule has 0 N–H and O–H groups in total. The highest BCUT2D eigenvalue weighted by atomic mass is 32.2. The van der Waals surface area contributed by atoms with Crippen LogP contribution in [-0.2, 0) is 4.75 Å². The van der Waals surface area contributed by atoms with Crippen molar-refractivity contribution in [3.8, 4) is 11.8 Å². The van der Waals surface area contributed by atoms with Gasteiger partial charge < -0.3 is 9.38 Å². The number of quaternary nitrogens is 1. The number of hydrogen-bond acceptors (Lipinski definition) is 2. The predicted molar refractivity (Wildman–Crippen MR) is 144 cm³/mol. The molecular weight excluding hydrogens is 420 g/mol. The molecule has 0 spiro atoms. The fourth-order valence-corrected chi connectivity index (χ4v) is 5.96. The molecule has 0 saturated carbocycles. The first-order valence-corrected chi connectivity index (χ1v) is 13.0. The zero-order chi connectivity index (χ0) is 23.0. The maximum Gasteiger partial charge on any atom is 0.140 e. The van der Waals surface area contributed by atoms with Crippen molar-refractivity contribution in [3.05, 3.63) is 102 Å². The first kappa shape index (κ1) is 23.5. The smallest absolute Gasteiger partial charge is 0.140 e. The van der Waals surface area contributed by atoms with Gasteiger partial charge in [-0.2, -0.15) is 0 Å². The largest absolute Gasteiger partial charge is 0.360 e. The monoisotopic (exact) mass is 455 g/mol. The number of rotatable bonds is 7. The third-order valence-electron chi connectivity index (χ3n) is 6.73. The Balaban J connectivity index is 1.48. The lowest BCUT2D eigenvalue weighted by molar-refractivity contribution is -0.903. The van der Waals surface area contributed by atoms with E-state index < -0.39 is 0 Å². The van der Waals surface area contributed by atoms with E-state index in [2.05, 4.69) is 122 Å². The molecule has 1 aliphatic rings. The maximum atomic E-state index is 3.62. The number of nitrogens with zero attached hydrogens (tertiary/aromatic N) is 2. The summed E-state index contributed by atoms with van der Waals surface area (Å²) in [5, 5.41) is 0. The van der Waals surface area contributed by atoms with Crippen molar-refractivity contribution in [2.45, 2.75) is 18.1 Å². The van der Waals surface area contributed by atoms with E-state index in [-0.39, 0.29) is 4.75 Å². The summed E-state index contributed by atoms with van der Waals surface area (Å²) in [5.41, 5.74) is 4.02. The van der Waals surface area contributed by atoms with Gasteiger partial charge in [0.1, 0.15) is 6.54 Å². The number of hydrogen-bond donors (Lipinski definition) is 0. The molecule has 0 atom stereocenters. The van der Waals surface area contributed by atoms with Crippen LogP contribution < -0.4 is 4.90 Å². The van der Waals surface area contributed by atoms with Crippen molar-refractivity contribution in [1.29, 1.82) is 0 Å². The van der Waals surface area contributed by atoms with E-state index in [9.17, 15) is 0 Å². The van der Waals surface area contributed by atoms with Crippen LogP contribution in [0.2, 0.25) is 0 Å². The Labute approximate surface area is 204 Å². The molecule has 170 valence electrons. The summed E-state index contributed by atoms with van der Waals surface area (Å²) in [6.07, 6.45) is 0.829. The average molecular weight is 456 g/mol. The molecule has 1 aliphatic heterocycles. The summed E-state index contributed by atoms with van der Waals surface area (Å²) in [7, 11) is 2.36. The highest BCUT2D eigenvalue weighted by molar-refractivity contribution is 8.00. The number of benzene rings is 3. The van der Waals surface area contributed by atoms with Crippen molar-refractivity contribution in [1.82, 2.24) is 0 Å². The summed E-state index contributed by atoms with van der Waals surface area (Å²) < 4.78 is 0.899. The summed E-state index contributed by atoms with van der Waals surface area (Å²) in [4.78, 5) is 2.50. The first-order valence-electron chi connectivity index (χ1n) is 12.0. The third-order valence-corrected chi connectivity index (χ3v) is 8.13. The van der Waals surface area contributed by atoms with Gasteiger partial charge in [-0.3, -0.25) is 0 Å². The Morgan fingerprint density at radius 2 is 1.30 bits per heavy atom. The molecule has 0 bridgehead atoms. The van der Waals surface area contributed by atoms with Crippen molar-refractivity contribution < 1.29 is 4.48 Å². The third kappa shape index (κ3) is 5.64. The van der Waals surface area contributed by atoms with Crippen LogP contribution in [0.4, 0.5) is 5.69 Å². The van der Waals surface area contributed by atoms with E-state index in [0.29, 0.717) is 0 Å². The van der Waals surface area contributed by atoms with Crippen LogP contribution in [0.15, 0.2) is 91.0 Å². The Hall–Kier alpha value is -2.67. The summed E-state index contributed by atoms with van der Waals surface area (Å²) >= 11 is 2.00. The molecule has 1 heterocycles. The standard InChI is InChI=1S/C30H35N2S/c1-3-33-30(27-15-7-4-8-16-27,28-17-9-5-10-18-28)21-13-14-24-32(2)25-22-31(23-26-32)29-19-11-6-12-20-29/h4-12,15-20H,3,21-26H2,1-2H3/q+1. The SMILES string of the molecule is CCSC(CC#CC[N+]1(C)CCN(c2ccccc2)CC1)(c1ccccc1)c1ccccc1. The molecular formula is C30H35N2S+. The molecule has 3 heteroatoms. The lowest BCUT2D eigenvalue weighted by atomic mass is 9.87. The van der Waals surface area contributed by atoms with Crippen LogP contribution in [0.5, 0.6) is 0 Å². The number of para-hydroxylation sites is 1. The lowest BCUT2D eigenvalue weighted by Gasteiger charge is -2.41. The second-order valence-corrected chi connectivity index (χ2v) is 10.6. The summed E-state index contributed by atoms with van der Waals surface area (Å²) in [6.45, 7) is 7.61. The Bertz CT molecular complexity index is 1010. The van der Waals surface area contributed by atoms with E-state index in [4.69, 9.17) is 0 Å². The molecule has 0 amide bonds. The van der Waals surface area contributed by atoms with Crippen molar-refractivity contribution in [2.24, 2.45) is 0 Å². The van der Waals surface area contributed by atoms with E-state index >= 15 is 0 Å². The normalized spacial score (nSPS) is 15.5. The molecule has 0 aliphatic carbocycles. The Morgan fingerprint density at radius 3 is 1.82 bits per heavy atom. The van der Waals surface area contributed by atoms with Crippen LogP contribution in [-0.4, -0.2) is 50.0 Å². The number of thioether (sulfide) groups is 1. The second-order valence-electron chi connectivity index (χ2n) is 9.07. The van der Waals surface area contributed by atoms with Gasteiger partial charge in [-0.15, -0.1) is 11.8 Å². The van der Waals surface area contributed by atoms with Crippen LogP contribution in [0.1, 0.15) is 24.5 Å². The van der Waals surface area contributed by atoms with Crippen LogP contribution >= 0.6 is 11.8 Å². The Kier molecular flexibility index (Phi) is 7.81.